The van der Waals surface area contributed by atoms with Crippen LogP contribution < -0.4 is 0 Å². The van der Waals surface area contributed by atoms with Gasteiger partial charge in [0, 0.05) is 7.11 Å². The average Bonchev–Trinajstić information content (AvgIpc) is 2.52. The minimum absolute atomic E-state index is 0.450. The zero-order valence-electron chi connectivity index (χ0n) is 6.97. The van der Waals surface area contributed by atoms with Crippen molar-refractivity contribution in [2.24, 2.45) is 0 Å². The number of hydrogen-bond donors (Lipinski definition) is 0. The van der Waals surface area contributed by atoms with E-state index in [-0.39, 0.29) is 0 Å². The number of methoxy groups -OCH3 is 1. The molecule has 0 spiro atoms. The van der Waals surface area contributed by atoms with Crippen molar-refractivity contribution < 1.29 is 4.74 Å². The molecule has 2 heterocycles. The van der Waals surface area contributed by atoms with E-state index in [1.54, 1.807) is 17.7 Å². The van der Waals surface area contributed by atoms with Crippen LogP contribution in [0.2, 0.25) is 0 Å². The molecule has 2 rings (SSSR count). The third kappa shape index (κ3) is 1.45. The predicted octanol–water partition coefficient (Wildman–Crippen LogP) is 0.827. The van der Waals surface area contributed by atoms with Gasteiger partial charge in [-0.1, -0.05) is 12.6 Å². The van der Waals surface area contributed by atoms with Gasteiger partial charge in [0.1, 0.15) is 11.4 Å². The molecule has 0 aliphatic heterocycles. The summed E-state index contributed by atoms with van der Waals surface area (Å²) < 4.78 is 6.61. The van der Waals surface area contributed by atoms with Gasteiger partial charge in [-0.25, -0.2) is 0 Å². The summed E-state index contributed by atoms with van der Waals surface area (Å²) in [5.41, 5.74) is 0.856. The second kappa shape index (κ2) is 3.23. The summed E-state index contributed by atoms with van der Waals surface area (Å²) in [6, 6.07) is 1.75. The molecule has 2 aromatic rings. The van der Waals surface area contributed by atoms with E-state index >= 15 is 0 Å². The lowest BCUT2D eigenvalue weighted by molar-refractivity contribution is 0.179. The highest BCUT2D eigenvalue weighted by atomic mass is 32.1. The zero-order chi connectivity index (χ0) is 9.26. The van der Waals surface area contributed by atoms with Gasteiger partial charge in [0.15, 0.2) is 0 Å². The van der Waals surface area contributed by atoms with E-state index in [0.717, 1.165) is 5.69 Å². The molecular weight excluding hydrogens is 188 g/mol. The fourth-order valence-electron chi connectivity index (χ4n) is 1.10. The largest absolute Gasteiger partial charge is 0.378 e. The highest BCUT2D eigenvalue weighted by Gasteiger charge is 2.05. The molecule has 0 atom stereocenters. The molecule has 0 N–H and O–H groups in total. The summed E-state index contributed by atoms with van der Waals surface area (Å²) in [4.78, 5) is 7.97. The monoisotopic (exact) mass is 195 g/mol. The van der Waals surface area contributed by atoms with Gasteiger partial charge in [-0.15, -0.1) is 0 Å². The van der Waals surface area contributed by atoms with Gasteiger partial charge in [-0.05, 0) is 6.07 Å². The fourth-order valence-corrected chi connectivity index (χ4v) is 1.32. The summed E-state index contributed by atoms with van der Waals surface area (Å²) >= 11 is 4.96. The number of aromatic nitrogens is 4. The Morgan fingerprint density at radius 2 is 2.46 bits per heavy atom. The van der Waals surface area contributed by atoms with Crippen LogP contribution in [-0.2, 0) is 11.3 Å². The summed E-state index contributed by atoms with van der Waals surface area (Å²) in [6.45, 7) is 0.450. The molecule has 0 unspecified atom stereocenters. The Balaban J connectivity index is 2.63. The lowest BCUT2D eigenvalue weighted by atomic mass is 10.4. The molecule has 0 aromatic carbocycles. The molecule has 1 radical (unpaired) electrons. The second-order valence-corrected chi connectivity index (χ2v) is 2.91. The van der Waals surface area contributed by atoms with Crippen LogP contribution in [0.3, 0.4) is 0 Å². The normalized spacial score (nSPS) is 10.8. The van der Waals surface area contributed by atoms with Crippen LogP contribution >= 0.6 is 12.6 Å². The van der Waals surface area contributed by atoms with Crippen LogP contribution in [0.15, 0.2) is 17.4 Å². The molecule has 0 aliphatic rings. The Hall–Kier alpha value is -1.27. The Kier molecular flexibility index (Phi) is 2.07. The zero-order valence-corrected chi connectivity index (χ0v) is 7.78. The van der Waals surface area contributed by atoms with E-state index in [9.17, 15) is 0 Å². The summed E-state index contributed by atoms with van der Waals surface area (Å²) in [7, 11) is 1.62. The van der Waals surface area contributed by atoms with Gasteiger partial charge in [0.25, 0.3) is 5.78 Å². The number of ether oxygens (including phenoxy) is 1. The van der Waals surface area contributed by atoms with Crippen molar-refractivity contribution in [1.82, 2.24) is 19.6 Å². The fraction of sp³-hybridized carbons (Fsp3) is 0.286. The standard InChI is InChI=1S/C7H7N4OS/c1-12-3-5-2-6(13)10-7-8-4-9-11(5)7/h2,4H,3H2,1H3. The molecule has 6 heteroatoms. The predicted molar refractivity (Wildman–Crippen MR) is 47.4 cm³/mol. The van der Waals surface area contributed by atoms with Gasteiger partial charge in [0.2, 0.25) is 0 Å². The van der Waals surface area contributed by atoms with E-state index in [0.29, 0.717) is 17.4 Å². The molecule has 0 bridgehead atoms. The van der Waals surface area contributed by atoms with Crippen LogP contribution in [0.1, 0.15) is 5.69 Å². The number of nitrogens with zero attached hydrogens (tertiary/aromatic N) is 4. The van der Waals surface area contributed by atoms with Gasteiger partial charge >= 0.3 is 0 Å². The number of hydrogen-bond acceptors (Lipinski definition) is 4. The molecular formula is C7H7N4OS. The van der Waals surface area contributed by atoms with E-state index < -0.39 is 0 Å². The minimum Gasteiger partial charge on any atom is -0.378 e. The molecule has 67 valence electrons. The second-order valence-electron chi connectivity index (χ2n) is 2.49. The Morgan fingerprint density at radius 3 is 3.23 bits per heavy atom. The molecule has 0 saturated carbocycles. The smallest absolute Gasteiger partial charge is 0.253 e. The van der Waals surface area contributed by atoms with Gasteiger partial charge < -0.3 is 4.74 Å². The SMILES string of the molecule is COCc1cc([S])nc2ncnn12. The first-order valence-electron chi connectivity index (χ1n) is 3.67. The molecule has 0 fully saturated rings. The van der Waals surface area contributed by atoms with Crippen molar-refractivity contribution in [2.75, 3.05) is 7.11 Å². The number of rotatable bonds is 2. The van der Waals surface area contributed by atoms with Crippen molar-refractivity contribution in [1.29, 1.82) is 0 Å². The molecule has 0 aliphatic carbocycles. The third-order valence-electron chi connectivity index (χ3n) is 1.59. The maximum atomic E-state index is 5.00. The van der Waals surface area contributed by atoms with Crippen LogP contribution in [0.4, 0.5) is 0 Å². The topological polar surface area (TPSA) is 52.3 Å². The number of fused-ring (bicyclic) bond motifs is 1. The first-order valence-corrected chi connectivity index (χ1v) is 4.07. The Labute approximate surface area is 80.2 Å². The molecule has 2 aromatic heterocycles. The van der Waals surface area contributed by atoms with Gasteiger partial charge in [-0.3, -0.25) is 0 Å². The first-order chi connectivity index (χ1) is 6.31. The molecule has 0 amide bonds. The highest BCUT2D eigenvalue weighted by Crippen LogP contribution is 2.08. The Bertz CT molecular complexity index is 427. The minimum atomic E-state index is 0.450. The quantitative estimate of drug-likeness (QED) is 0.666. The van der Waals surface area contributed by atoms with E-state index in [2.05, 4.69) is 15.1 Å². The van der Waals surface area contributed by atoms with Crippen LogP contribution in [0, 0.1) is 0 Å². The maximum absolute atomic E-state index is 5.00. The van der Waals surface area contributed by atoms with Gasteiger partial charge in [0.05, 0.1) is 12.3 Å². The third-order valence-corrected chi connectivity index (χ3v) is 1.80. The van der Waals surface area contributed by atoms with Crippen LogP contribution in [0.5, 0.6) is 0 Å². The van der Waals surface area contributed by atoms with Crippen molar-refractivity contribution in [3.8, 4) is 0 Å². The maximum Gasteiger partial charge on any atom is 0.253 e. The van der Waals surface area contributed by atoms with Crippen molar-refractivity contribution in [3.63, 3.8) is 0 Å². The van der Waals surface area contributed by atoms with Gasteiger partial charge in [-0.2, -0.15) is 19.6 Å². The van der Waals surface area contributed by atoms with Crippen molar-refractivity contribution in [2.45, 2.75) is 11.6 Å². The van der Waals surface area contributed by atoms with Crippen molar-refractivity contribution in [3.05, 3.63) is 18.1 Å². The summed E-state index contributed by atoms with van der Waals surface area (Å²) in [5.74, 6) is 0.513. The van der Waals surface area contributed by atoms with Crippen molar-refractivity contribution >= 4 is 18.4 Å². The van der Waals surface area contributed by atoms with E-state index in [1.165, 1.54) is 6.33 Å². The Morgan fingerprint density at radius 1 is 1.62 bits per heavy atom. The molecule has 13 heavy (non-hydrogen) atoms. The summed E-state index contributed by atoms with van der Waals surface area (Å²) in [5, 5.41) is 4.50. The molecule has 0 saturated heterocycles. The first kappa shape index (κ1) is 8.33. The van der Waals surface area contributed by atoms with Crippen LogP contribution in [0.25, 0.3) is 5.78 Å². The average molecular weight is 195 g/mol. The van der Waals surface area contributed by atoms with E-state index in [1.807, 2.05) is 0 Å². The molecule has 5 nitrogen and oxygen atoms in total. The van der Waals surface area contributed by atoms with E-state index in [4.69, 9.17) is 17.4 Å². The highest BCUT2D eigenvalue weighted by molar-refractivity contribution is 7.80. The lowest BCUT2D eigenvalue weighted by Gasteiger charge is -2.01. The van der Waals surface area contributed by atoms with Crippen LogP contribution in [-0.4, -0.2) is 26.7 Å². The summed E-state index contributed by atoms with van der Waals surface area (Å²) in [6.07, 6.45) is 1.44. The lowest BCUT2D eigenvalue weighted by Crippen LogP contribution is -2.02.